The monoisotopic (exact) mass is 291 g/mol. The topological polar surface area (TPSA) is 46.2 Å². The van der Waals surface area contributed by atoms with Crippen molar-refractivity contribution in [2.45, 2.75) is 18.3 Å². The van der Waals surface area contributed by atoms with Gasteiger partial charge in [-0.25, -0.2) is 0 Å². The molecule has 3 rings (SSSR count). The van der Waals surface area contributed by atoms with Gasteiger partial charge in [-0.05, 0) is 41.8 Å². The molecule has 1 aliphatic rings. The molecule has 0 radical (unpaired) electrons. The van der Waals surface area contributed by atoms with Crippen molar-refractivity contribution < 1.29 is 5.11 Å². The van der Waals surface area contributed by atoms with Gasteiger partial charge in [-0.1, -0.05) is 28.1 Å². The molecule has 88 valence electrons. The Hall–Kier alpha value is -1.06. The van der Waals surface area contributed by atoms with Gasteiger partial charge in [-0.2, -0.15) is 0 Å². The molecular formula is C14H14BrNO. The van der Waals surface area contributed by atoms with Gasteiger partial charge in [0, 0.05) is 22.0 Å². The van der Waals surface area contributed by atoms with Gasteiger partial charge in [0.05, 0.1) is 0 Å². The van der Waals surface area contributed by atoms with Crippen LogP contribution >= 0.6 is 15.9 Å². The standard InChI is InChI=1S/C14H14BrNO/c15-10-2-3-11-9(7-10)1-4-12(17)13(11)14(8-16)5-6-14/h1-4,7,17H,5-6,8,16H2. The first-order valence-electron chi connectivity index (χ1n) is 5.78. The number of hydrogen-bond acceptors (Lipinski definition) is 2. The number of nitrogens with two attached hydrogens (primary N) is 1. The summed E-state index contributed by atoms with van der Waals surface area (Å²) < 4.78 is 1.05. The minimum atomic E-state index is 0.0113. The summed E-state index contributed by atoms with van der Waals surface area (Å²) in [6, 6.07) is 9.87. The maximum absolute atomic E-state index is 10.1. The second-order valence-corrected chi connectivity index (χ2v) is 5.73. The normalized spacial score (nSPS) is 17.3. The van der Waals surface area contributed by atoms with Gasteiger partial charge >= 0.3 is 0 Å². The van der Waals surface area contributed by atoms with Crippen molar-refractivity contribution in [3.63, 3.8) is 0 Å². The minimum absolute atomic E-state index is 0.0113. The number of fused-ring (bicyclic) bond motifs is 1. The van der Waals surface area contributed by atoms with E-state index in [0.717, 1.165) is 33.7 Å². The molecule has 2 aromatic rings. The van der Waals surface area contributed by atoms with E-state index in [1.165, 1.54) is 0 Å². The summed E-state index contributed by atoms with van der Waals surface area (Å²) in [4.78, 5) is 0. The van der Waals surface area contributed by atoms with E-state index in [1.54, 1.807) is 6.07 Å². The average Bonchev–Trinajstić information content (AvgIpc) is 3.10. The van der Waals surface area contributed by atoms with E-state index in [0.29, 0.717) is 12.3 Å². The quantitative estimate of drug-likeness (QED) is 0.892. The van der Waals surface area contributed by atoms with Crippen LogP contribution in [0.1, 0.15) is 18.4 Å². The molecule has 0 amide bonds. The predicted molar refractivity (Wildman–Crippen MR) is 73.3 cm³/mol. The smallest absolute Gasteiger partial charge is 0.120 e. The van der Waals surface area contributed by atoms with Crippen LogP contribution in [0.15, 0.2) is 34.8 Å². The summed E-state index contributed by atoms with van der Waals surface area (Å²) in [5, 5.41) is 12.4. The Kier molecular flexibility index (Phi) is 2.42. The molecule has 3 heteroatoms. The molecule has 0 aromatic heterocycles. The first-order valence-corrected chi connectivity index (χ1v) is 6.57. The van der Waals surface area contributed by atoms with Gasteiger partial charge in [0.15, 0.2) is 0 Å². The summed E-state index contributed by atoms with van der Waals surface area (Å²) in [6.07, 6.45) is 2.15. The molecule has 1 saturated carbocycles. The molecule has 2 nitrogen and oxygen atoms in total. The zero-order valence-corrected chi connectivity index (χ0v) is 11.0. The zero-order chi connectivity index (χ0) is 12.0. The molecule has 1 aliphatic carbocycles. The van der Waals surface area contributed by atoms with Crippen LogP contribution in [-0.2, 0) is 5.41 Å². The molecule has 0 saturated heterocycles. The van der Waals surface area contributed by atoms with E-state index in [4.69, 9.17) is 5.73 Å². The molecule has 17 heavy (non-hydrogen) atoms. The van der Waals surface area contributed by atoms with Crippen molar-refractivity contribution >= 4 is 26.7 Å². The molecule has 0 aliphatic heterocycles. The SMILES string of the molecule is NCC1(c2c(O)ccc3cc(Br)ccc23)CC1. The fourth-order valence-corrected chi connectivity index (χ4v) is 2.93. The molecule has 0 atom stereocenters. The lowest BCUT2D eigenvalue weighted by molar-refractivity contribution is 0.461. The third-order valence-corrected chi connectivity index (χ3v) is 4.23. The molecule has 0 spiro atoms. The van der Waals surface area contributed by atoms with Crippen LogP contribution in [0, 0.1) is 0 Å². The van der Waals surface area contributed by atoms with E-state index < -0.39 is 0 Å². The van der Waals surface area contributed by atoms with E-state index in [1.807, 2.05) is 12.1 Å². The Morgan fingerprint density at radius 3 is 2.65 bits per heavy atom. The number of rotatable bonds is 2. The summed E-state index contributed by atoms with van der Waals surface area (Å²) in [7, 11) is 0. The Bertz CT molecular complexity index is 590. The highest BCUT2D eigenvalue weighted by Crippen LogP contribution is 2.52. The number of phenols is 1. The van der Waals surface area contributed by atoms with Crippen LogP contribution < -0.4 is 5.73 Å². The predicted octanol–water partition coefficient (Wildman–Crippen LogP) is 3.30. The fourth-order valence-electron chi connectivity index (χ4n) is 2.55. The Labute approximate surface area is 109 Å². The lowest BCUT2D eigenvalue weighted by atomic mass is 9.90. The van der Waals surface area contributed by atoms with Crippen LogP contribution in [0.4, 0.5) is 0 Å². The van der Waals surface area contributed by atoms with Crippen LogP contribution in [0.5, 0.6) is 5.75 Å². The molecule has 1 fully saturated rings. The van der Waals surface area contributed by atoms with Crippen LogP contribution in [-0.4, -0.2) is 11.7 Å². The van der Waals surface area contributed by atoms with Gasteiger partial charge < -0.3 is 10.8 Å². The first kappa shape index (κ1) is 11.1. The molecule has 0 bridgehead atoms. The number of benzene rings is 2. The van der Waals surface area contributed by atoms with Crippen LogP contribution in [0.3, 0.4) is 0 Å². The highest BCUT2D eigenvalue weighted by Gasteiger charge is 2.45. The molecule has 0 heterocycles. The summed E-state index contributed by atoms with van der Waals surface area (Å²) in [5.41, 5.74) is 6.91. The van der Waals surface area contributed by atoms with Gasteiger partial charge in [0.1, 0.15) is 5.75 Å². The average molecular weight is 292 g/mol. The maximum atomic E-state index is 10.1. The Morgan fingerprint density at radius 2 is 2.00 bits per heavy atom. The van der Waals surface area contributed by atoms with Crippen molar-refractivity contribution in [1.29, 1.82) is 0 Å². The van der Waals surface area contributed by atoms with Crippen LogP contribution in [0.25, 0.3) is 10.8 Å². The Morgan fingerprint density at radius 1 is 1.24 bits per heavy atom. The van der Waals surface area contributed by atoms with Crippen molar-refractivity contribution in [3.8, 4) is 5.75 Å². The number of phenolic OH excluding ortho intramolecular Hbond substituents is 1. The summed E-state index contributed by atoms with van der Waals surface area (Å²) >= 11 is 3.47. The van der Waals surface area contributed by atoms with E-state index in [-0.39, 0.29) is 5.41 Å². The highest BCUT2D eigenvalue weighted by molar-refractivity contribution is 9.10. The van der Waals surface area contributed by atoms with Crippen molar-refractivity contribution in [2.75, 3.05) is 6.54 Å². The minimum Gasteiger partial charge on any atom is -0.508 e. The highest BCUT2D eigenvalue weighted by atomic mass is 79.9. The lowest BCUT2D eigenvalue weighted by Gasteiger charge is -2.17. The van der Waals surface area contributed by atoms with Gasteiger partial charge in [0.25, 0.3) is 0 Å². The zero-order valence-electron chi connectivity index (χ0n) is 9.41. The summed E-state index contributed by atoms with van der Waals surface area (Å²) in [5.74, 6) is 0.378. The third-order valence-electron chi connectivity index (χ3n) is 3.73. The lowest BCUT2D eigenvalue weighted by Crippen LogP contribution is -2.20. The molecular weight excluding hydrogens is 278 g/mol. The third kappa shape index (κ3) is 1.65. The second-order valence-electron chi connectivity index (χ2n) is 4.81. The second kappa shape index (κ2) is 3.72. The number of halogens is 1. The van der Waals surface area contributed by atoms with E-state index >= 15 is 0 Å². The van der Waals surface area contributed by atoms with E-state index in [2.05, 4.69) is 28.1 Å². The maximum Gasteiger partial charge on any atom is 0.120 e. The number of hydrogen-bond donors (Lipinski definition) is 2. The van der Waals surface area contributed by atoms with Crippen LogP contribution in [0.2, 0.25) is 0 Å². The largest absolute Gasteiger partial charge is 0.508 e. The van der Waals surface area contributed by atoms with Crippen molar-refractivity contribution in [3.05, 3.63) is 40.4 Å². The van der Waals surface area contributed by atoms with Gasteiger partial charge in [-0.15, -0.1) is 0 Å². The van der Waals surface area contributed by atoms with Crippen molar-refractivity contribution in [2.24, 2.45) is 5.73 Å². The number of aromatic hydroxyl groups is 1. The molecule has 0 unspecified atom stereocenters. The fraction of sp³-hybridized carbons (Fsp3) is 0.286. The van der Waals surface area contributed by atoms with Gasteiger partial charge in [-0.3, -0.25) is 0 Å². The van der Waals surface area contributed by atoms with Gasteiger partial charge in [0.2, 0.25) is 0 Å². The van der Waals surface area contributed by atoms with E-state index in [9.17, 15) is 5.11 Å². The first-order chi connectivity index (χ1) is 8.16. The Balaban J connectivity index is 2.32. The summed E-state index contributed by atoms with van der Waals surface area (Å²) in [6.45, 7) is 0.607. The molecule has 2 aromatic carbocycles. The van der Waals surface area contributed by atoms with Crippen molar-refractivity contribution in [1.82, 2.24) is 0 Å². The molecule has 3 N–H and O–H groups in total.